The Bertz CT molecular complexity index is 621. The second-order valence-corrected chi connectivity index (χ2v) is 7.90. The summed E-state index contributed by atoms with van der Waals surface area (Å²) in [7, 11) is 0. The molecule has 1 aromatic carbocycles. The van der Waals surface area contributed by atoms with Gasteiger partial charge >= 0.3 is 0 Å². The van der Waals surface area contributed by atoms with Crippen molar-refractivity contribution >= 4 is 23.4 Å². The summed E-state index contributed by atoms with van der Waals surface area (Å²) in [5.41, 5.74) is 0.842. The molecular formula is C20H27ClN2O2. The molecule has 1 aromatic rings. The predicted molar refractivity (Wildman–Crippen MR) is 99.4 cm³/mol. The molecule has 2 aliphatic rings. The topological polar surface area (TPSA) is 40.6 Å². The number of hydrogen-bond acceptors (Lipinski definition) is 2. The first-order valence-electron chi connectivity index (χ1n) is 9.36. The van der Waals surface area contributed by atoms with Crippen LogP contribution in [0.4, 0.5) is 0 Å². The zero-order valence-corrected chi connectivity index (χ0v) is 15.8. The summed E-state index contributed by atoms with van der Waals surface area (Å²) in [6.45, 7) is 4.15. The fourth-order valence-corrected chi connectivity index (χ4v) is 4.26. The van der Waals surface area contributed by atoms with Crippen LogP contribution in [0, 0.1) is 0 Å². The van der Waals surface area contributed by atoms with Crippen LogP contribution in [-0.4, -0.2) is 40.2 Å². The van der Waals surface area contributed by atoms with Crippen molar-refractivity contribution in [2.24, 2.45) is 0 Å². The molecule has 0 unspecified atom stereocenters. The first-order chi connectivity index (χ1) is 12.0. The molecule has 3 rings (SSSR count). The molecule has 0 spiro atoms. The lowest BCUT2D eigenvalue weighted by molar-refractivity contribution is -0.160. The molecule has 0 N–H and O–H groups in total. The standard InChI is InChI=1S/C20H27ClN2O2/c1-14(2)23-18(24)13-22(17-7-5-3-4-6-8-17)20(25)19(23)15-9-11-16(21)12-10-15/h9-12,14,17,19H,3-8,13H2,1-2H3/t19-/m0/s1. The highest BCUT2D eigenvalue weighted by Crippen LogP contribution is 2.33. The molecule has 0 radical (unpaired) electrons. The molecule has 4 nitrogen and oxygen atoms in total. The number of carbonyl (C=O) groups is 2. The molecule has 1 saturated carbocycles. The van der Waals surface area contributed by atoms with Gasteiger partial charge in [0, 0.05) is 17.1 Å². The summed E-state index contributed by atoms with van der Waals surface area (Å²) in [5.74, 6) is 0.0984. The number of piperazine rings is 1. The van der Waals surface area contributed by atoms with Crippen LogP contribution in [0.2, 0.25) is 5.02 Å². The van der Waals surface area contributed by atoms with E-state index in [-0.39, 0.29) is 30.4 Å². The Kier molecular flexibility index (Phi) is 5.67. The third kappa shape index (κ3) is 3.84. The Labute approximate surface area is 155 Å². The summed E-state index contributed by atoms with van der Waals surface area (Å²) >= 11 is 6.01. The highest BCUT2D eigenvalue weighted by molar-refractivity contribution is 6.30. The summed E-state index contributed by atoms with van der Waals surface area (Å²) < 4.78 is 0. The Hall–Kier alpha value is -1.55. The van der Waals surface area contributed by atoms with Gasteiger partial charge in [0.25, 0.3) is 5.91 Å². The van der Waals surface area contributed by atoms with Gasteiger partial charge in [-0.3, -0.25) is 9.59 Å². The highest BCUT2D eigenvalue weighted by Gasteiger charge is 2.43. The van der Waals surface area contributed by atoms with Crippen LogP contribution in [0.3, 0.4) is 0 Å². The first-order valence-corrected chi connectivity index (χ1v) is 9.74. The number of halogens is 1. The SMILES string of the molecule is CC(C)N1C(=O)CN(C2CCCCCC2)C(=O)[C@@H]1c1ccc(Cl)cc1. The second kappa shape index (κ2) is 7.77. The van der Waals surface area contributed by atoms with Gasteiger partial charge in [-0.15, -0.1) is 0 Å². The van der Waals surface area contributed by atoms with E-state index in [1.807, 2.05) is 30.9 Å². The lowest BCUT2D eigenvalue weighted by Crippen LogP contribution is -2.59. The molecule has 0 aromatic heterocycles. The average molecular weight is 363 g/mol. The van der Waals surface area contributed by atoms with E-state index in [0.29, 0.717) is 5.02 Å². The quantitative estimate of drug-likeness (QED) is 0.757. The van der Waals surface area contributed by atoms with Gasteiger partial charge in [0.2, 0.25) is 5.91 Å². The molecule has 2 amide bonds. The van der Waals surface area contributed by atoms with Crippen molar-refractivity contribution in [3.63, 3.8) is 0 Å². The number of benzene rings is 1. The van der Waals surface area contributed by atoms with Crippen LogP contribution in [0.15, 0.2) is 24.3 Å². The van der Waals surface area contributed by atoms with E-state index >= 15 is 0 Å². The van der Waals surface area contributed by atoms with E-state index in [4.69, 9.17) is 11.6 Å². The summed E-state index contributed by atoms with van der Waals surface area (Å²) in [6, 6.07) is 6.95. The van der Waals surface area contributed by atoms with Crippen molar-refractivity contribution in [3.8, 4) is 0 Å². The summed E-state index contributed by atoms with van der Waals surface area (Å²) in [4.78, 5) is 29.8. The number of rotatable bonds is 3. The molecule has 1 saturated heterocycles. The van der Waals surface area contributed by atoms with Gasteiger partial charge in [0.05, 0.1) is 0 Å². The molecule has 5 heteroatoms. The van der Waals surface area contributed by atoms with E-state index in [2.05, 4.69) is 0 Å². The third-order valence-electron chi connectivity index (χ3n) is 5.40. The van der Waals surface area contributed by atoms with Crippen molar-refractivity contribution in [2.75, 3.05) is 6.54 Å². The molecule has 0 bridgehead atoms. The van der Waals surface area contributed by atoms with Crippen molar-refractivity contribution in [2.45, 2.75) is 70.5 Å². The van der Waals surface area contributed by atoms with Crippen molar-refractivity contribution in [1.82, 2.24) is 9.80 Å². The number of nitrogens with zero attached hydrogens (tertiary/aromatic N) is 2. The van der Waals surface area contributed by atoms with Gasteiger partial charge in [-0.25, -0.2) is 0 Å². The van der Waals surface area contributed by atoms with Gasteiger partial charge < -0.3 is 9.80 Å². The molecule has 136 valence electrons. The van der Waals surface area contributed by atoms with Crippen LogP contribution >= 0.6 is 11.6 Å². The van der Waals surface area contributed by atoms with Gasteiger partial charge in [0.1, 0.15) is 12.6 Å². The van der Waals surface area contributed by atoms with Crippen molar-refractivity contribution < 1.29 is 9.59 Å². The minimum atomic E-state index is -0.540. The monoisotopic (exact) mass is 362 g/mol. The predicted octanol–water partition coefficient (Wildman–Crippen LogP) is 4.18. The number of carbonyl (C=O) groups excluding carboxylic acids is 2. The summed E-state index contributed by atoms with van der Waals surface area (Å²) in [5, 5.41) is 0.634. The normalized spacial score (nSPS) is 23.3. The zero-order chi connectivity index (χ0) is 18.0. The van der Waals surface area contributed by atoms with E-state index in [1.54, 1.807) is 17.0 Å². The van der Waals surface area contributed by atoms with Gasteiger partial charge in [-0.1, -0.05) is 49.4 Å². The van der Waals surface area contributed by atoms with Crippen LogP contribution < -0.4 is 0 Å². The second-order valence-electron chi connectivity index (χ2n) is 7.46. The lowest BCUT2D eigenvalue weighted by atomic mass is 9.96. The number of amides is 2. The third-order valence-corrected chi connectivity index (χ3v) is 5.65. The van der Waals surface area contributed by atoms with Crippen molar-refractivity contribution in [3.05, 3.63) is 34.9 Å². The first kappa shape index (κ1) is 18.2. The molecule has 1 aliphatic heterocycles. The maximum absolute atomic E-state index is 13.4. The van der Waals surface area contributed by atoms with Crippen LogP contribution in [0.1, 0.15) is 64.0 Å². The maximum atomic E-state index is 13.4. The van der Waals surface area contributed by atoms with Crippen LogP contribution in [-0.2, 0) is 9.59 Å². The molecule has 1 atom stereocenters. The van der Waals surface area contributed by atoms with Crippen LogP contribution in [0.5, 0.6) is 0 Å². The molecule has 2 fully saturated rings. The Morgan fingerprint density at radius 3 is 2.16 bits per heavy atom. The Morgan fingerprint density at radius 2 is 1.60 bits per heavy atom. The van der Waals surface area contributed by atoms with Crippen molar-refractivity contribution in [1.29, 1.82) is 0 Å². The number of hydrogen-bond donors (Lipinski definition) is 0. The van der Waals surface area contributed by atoms with E-state index in [0.717, 1.165) is 31.2 Å². The Morgan fingerprint density at radius 1 is 1.00 bits per heavy atom. The van der Waals surface area contributed by atoms with Gasteiger partial charge in [0.15, 0.2) is 0 Å². The smallest absolute Gasteiger partial charge is 0.250 e. The van der Waals surface area contributed by atoms with E-state index in [1.165, 1.54) is 12.8 Å². The molecule has 25 heavy (non-hydrogen) atoms. The van der Waals surface area contributed by atoms with Gasteiger partial charge in [-0.2, -0.15) is 0 Å². The molecule has 1 heterocycles. The minimum absolute atomic E-state index is 0.0200. The van der Waals surface area contributed by atoms with Gasteiger partial charge in [-0.05, 0) is 44.4 Å². The minimum Gasteiger partial charge on any atom is -0.328 e. The Balaban J connectivity index is 1.93. The zero-order valence-electron chi connectivity index (χ0n) is 15.1. The lowest BCUT2D eigenvalue weighted by Gasteiger charge is -2.45. The highest BCUT2D eigenvalue weighted by atomic mass is 35.5. The van der Waals surface area contributed by atoms with E-state index in [9.17, 15) is 9.59 Å². The summed E-state index contributed by atoms with van der Waals surface area (Å²) in [6.07, 6.45) is 6.75. The fraction of sp³-hybridized carbons (Fsp3) is 0.600. The average Bonchev–Trinajstić information content (AvgIpc) is 2.86. The maximum Gasteiger partial charge on any atom is 0.250 e. The largest absolute Gasteiger partial charge is 0.328 e. The fourth-order valence-electron chi connectivity index (χ4n) is 4.14. The van der Waals surface area contributed by atoms with E-state index < -0.39 is 6.04 Å². The van der Waals surface area contributed by atoms with Crippen LogP contribution in [0.25, 0.3) is 0 Å². The molecular weight excluding hydrogens is 336 g/mol. The molecule has 1 aliphatic carbocycles.